The molecule has 0 unspecified atom stereocenters. The largest absolute Gasteiger partial charge is 0.397 e. The number of anilines is 1. The molecule has 6 heteroatoms. The summed E-state index contributed by atoms with van der Waals surface area (Å²) < 4.78 is 5.10. The van der Waals surface area contributed by atoms with Crippen LogP contribution in [-0.4, -0.2) is 67.1 Å². The highest BCUT2D eigenvalue weighted by Crippen LogP contribution is 2.12. The van der Waals surface area contributed by atoms with E-state index in [4.69, 9.17) is 10.5 Å². The lowest BCUT2D eigenvalue weighted by Crippen LogP contribution is -2.36. The van der Waals surface area contributed by atoms with Gasteiger partial charge in [0, 0.05) is 39.5 Å². The van der Waals surface area contributed by atoms with Gasteiger partial charge in [-0.25, -0.2) is 4.98 Å². The van der Waals surface area contributed by atoms with Crippen LogP contribution in [0.3, 0.4) is 0 Å². The molecule has 2 heterocycles. The highest BCUT2D eigenvalue weighted by molar-refractivity contribution is 5.97. The summed E-state index contributed by atoms with van der Waals surface area (Å²) in [7, 11) is 1.71. The van der Waals surface area contributed by atoms with Gasteiger partial charge in [0.2, 0.25) is 0 Å². The molecule has 1 saturated heterocycles. The summed E-state index contributed by atoms with van der Waals surface area (Å²) in [6, 6.07) is 3.45. The Labute approximate surface area is 119 Å². The second-order valence-electron chi connectivity index (χ2n) is 4.92. The van der Waals surface area contributed by atoms with E-state index >= 15 is 0 Å². The number of ether oxygens (including phenoxy) is 1. The van der Waals surface area contributed by atoms with Crippen molar-refractivity contribution in [3.63, 3.8) is 0 Å². The van der Waals surface area contributed by atoms with Gasteiger partial charge in [0.15, 0.2) is 5.69 Å². The van der Waals surface area contributed by atoms with Crippen molar-refractivity contribution in [1.29, 1.82) is 0 Å². The van der Waals surface area contributed by atoms with Crippen molar-refractivity contribution in [1.82, 2.24) is 14.8 Å². The molecule has 0 bridgehead atoms. The Hall–Kier alpha value is -1.66. The molecular formula is C14H22N4O2. The van der Waals surface area contributed by atoms with Crippen molar-refractivity contribution in [2.75, 3.05) is 52.2 Å². The maximum absolute atomic E-state index is 12.4. The molecule has 0 aliphatic carbocycles. The minimum atomic E-state index is -0.0725. The predicted molar refractivity (Wildman–Crippen MR) is 77.5 cm³/mol. The van der Waals surface area contributed by atoms with Crippen molar-refractivity contribution < 1.29 is 9.53 Å². The number of methoxy groups -OCH3 is 1. The van der Waals surface area contributed by atoms with Gasteiger partial charge in [0.05, 0.1) is 12.3 Å². The van der Waals surface area contributed by atoms with Gasteiger partial charge in [-0.2, -0.15) is 0 Å². The quantitative estimate of drug-likeness (QED) is 0.866. The fourth-order valence-electron chi connectivity index (χ4n) is 2.36. The van der Waals surface area contributed by atoms with Crippen molar-refractivity contribution in [3.8, 4) is 0 Å². The van der Waals surface area contributed by atoms with Crippen LogP contribution in [0.5, 0.6) is 0 Å². The molecule has 1 aliphatic rings. The standard InChI is InChI=1S/C14H22N4O2/c1-20-11-10-17-6-3-7-18(9-8-17)14(19)13-12(15)4-2-5-16-13/h2,4-5H,3,6-11,15H2,1H3. The van der Waals surface area contributed by atoms with Crippen LogP contribution in [0.2, 0.25) is 0 Å². The van der Waals surface area contributed by atoms with Crippen molar-refractivity contribution >= 4 is 11.6 Å². The lowest BCUT2D eigenvalue weighted by molar-refractivity contribution is 0.0754. The Morgan fingerprint density at radius 2 is 2.25 bits per heavy atom. The van der Waals surface area contributed by atoms with E-state index in [1.54, 1.807) is 25.4 Å². The zero-order valence-electron chi connectivity index (χ0n) is 11.9. The maximum Gasteiger partial charge on any atom is 0.274 e. The minimum Gasteiger partial charge on any atom is -0.397 e. The second kappa shape index (κ2) is 7.21. The summed E-state index contributed by atoms with van der Waals surface area (Å²) >= 11 is 0. The van der Waals surface area contributed by atoms with Crippen molar-refractivity contribution in [2.24, 2.45) is 0 Å². The summed E-state index contributed by atoms with van der Waals surface area (Å²) in [4.78, 5) is 20.7. The Morgan fingerprint density at radius 3 is 3.00 bits per heavy atom. The lowest BCUT2D eigenvalue weighted by atomic mass is 10.2. The maximum atomic E-state index is 12.4. The summed E-state index contributed by atoms with van der Waals surface area (Å²) in [5.41, 5.74) is 6.62. The fourth-order valence-corrected chi connectivity index (χ4v) is 2.36. The van der Waals surface area contributed by atoms with Gasteiger partial charge in [-0.1, -0.05) is 0 Å². The number of nitrogens with two attached hydrogens (primary N) is 1. The molecule has 1 fully saturated rings. The monoisotopic (exact) mass is 278 g/mol. The third-order valence-corrected chi connectivity index (χ3v) is 3.53. The Morgan fingerprint density at radius 1 is 1.40 bits per heavy atom. The van der Waals surface area contributed by atoms with Gasteiger partial charge in [0.1, 0.15) is 0 Å². The summed E-state index contributed by atoms with van der Waals surface area (Å²) in [6.07, 6.45) is 2.56. The molecule has 0 aromatic carbocycles. The first-order chi connectivity index (χ1) is 9.72. The first-order valence-electron chi connectivity index (χ1n) is 6.93. The average Bonchev–Trinajstić information content (AvgIpc) is 2.70. The van der Waals surface area contributed by atoms with Gasteiger partial charge in [-0.05, 0) is 25.1 Å². The van der Waals surface area contributed by atoms with Gasteiger partial charge >= 0.3 is 0 Å². The van der Waals surface area contributed by atoms with Crippen molar-refractivity contribution in [2.45, 2.75) is 6.42 Å². The number of amides is 1. The van der Waals surface area contributed by atoms with E-state index in [0.29, 0.717) is 17.9 Å². The molecule has 0 radical (unpaired) electrons. The van der Waals surface area contributed by atoms with E-state index < -0.39 is 0 Å². The molecule has 1 amide bonds. The average molecular weight is 278 g/mol. The predicted octanol–water partition coefficient (Wildman–Crippen LogP) is 0.458. The Kier molecular flexibility index (Phi) is 5.31. The molecule has 2 rings (SSSR count). The van der Waals surface area contributed by atoms with E-state index in [9.17, 15) is 4.79 Å². The van der Waals surface area contributed by atoms with E-state index in [-0.39, 0.29) is 5.91 Å². The molecule has 0 saturated carbocycles. The zero-order chi connectivity index (χ0) is 14.4. The van der Waals surface area contributed by atoms with E-state index in [2.05, 4.69) is 9.88 Å². The van der Waals surface area contributed by atoms with Crippen LogP contribution in [0, 0.1) is 0 Å². The number of rotatable bonds is 4. The molecule has 110 valence electrons. The SMILES string of the molecule is COCCN1CCCN(C(=O)c2ncccc2N)CC1. The molecule has 20 heavy (non-hydrogen) atoms. The van der Waals surface area contributed by atoms with E-state index in [0.717, 1.165) is 39.2 Å². The number of aromatic nitrogens is 1. The number of hydrogen-bond donors (Lipinski definition) is 1. The smallest absolute Gasteiger partial charge is 0.274 e. The normalized spacial score (nSPS) is 16.9. The zero-order valence-corrected chi connectivity index (χ0v) is 11.9. The van der Waals surface area contributed by atoms with Crippen LogP contribution in [0.1, 0.15) is 16.9 Å². The third kappa shape index (κ3) is 3.68. The van der Waals surface area contributed by atoms with E-state index in [1.165, 1.54) is 0 Å². The number of nitrogen functional groups attached to an aromatic ring is 1. The van der Waals surface area contributed by atoms with Crippen LogP contribution in [0.4, 0.5) is 5.69 Å². The molecule has 1 aromatic heterocycles. The van der Waals surface area contributed by atoms with Gasteiger partial charge in [-0.15, -0.1) is 0 Å². The van der Waals surface area contributed by atoms with Crippen LogP contribution in [-0.2, 0) is 4.74 Å². The first kappa shape index (κ1) is 14.7. The highest BCUT2D eigenvalue weighted by atomic mass is 16.5. The van der Waals surface area contributed by atoms with E-state index in [1.807, 2.05) is 4.90 Å². The summed E-state index contributed by atoms with van der Waals surface area (Å²) in [5, 5.41) is 0. The first-order valence-corrected chi connectivity index (χ1v) is 6.93. The third-order valence-electron chi connectivity index (χ3n) is 3.53. The van der Waals surface area contributed by atoms with Crippen LogP contribution < -0.4 is 5.73 Å². The molecule has 6 nitrogen and oxygen atoms in total. The topological polar surface area (TPSA) is 71.7 Å². The molecule has 1 aliphatic heterocycles. The van der Waals surface area contributed by atoms with Gasteiger partial charge in [-0.3, -0.25) is 9.69 Å². The molecule has 0 atom stereocenters. The number of nitrogens with zero attached hydrogens (tertiary/aromatic N) is 3. The number of carbonyl (C=O) groups excluding carboxylic acids is 1. The number of pyridine rings is 1. The minimum absolute atomic E-state index is 0.0725. The van der Waals surface area contributed by atoms with Crippen LogP contribution >= 0.6 is 0 Å². The Balaban J connectivity index is 1.96. The van der Waals surface area contributed by atoms with Gasteiger partial charge in [0.25, 0.3) is 5.91 Å². The molecule has 0 spiro atoms. The summed E-state index contributed by atoms with van der Waals surface area (Å²) in [5.74, 6) is -0.0725. The molecular weight excluding hydrogens is 256 g/mol. The van der Waals surface area contributed by atoms with Gasteiger partial charge < -0.3 is 15.4 Å². The summed E-state index contributed by atoms with van der Waals surface area (Å²) in [6.45, 7) is 4.94. The number of hydrogen-bond acceptors (Lipinski definition) is 5. The fraction of sp³-hybridized carbons (Fsp3) is 0.571. The van der Waals surface area contributed by atoms with Crippen molar-refractivity contribution in [3.05, 3.63) is 24.0 Å². The second-order valence-corrected chi connectivity index (χ2v) is 4.92. The molecule has 1 aromatic rings. The Bertz CT molecular complexity index is 453. The van der Waals surface area contributed by atoms with Crippen LogP contribution in [0.15, 0.2) is 18.3 Å². The molecule has 2 N–H and O–H groups in total. The lowest BCUT2D eigenvalue weighted by Gasteiger charge is -2.21. The number of carbonyl (C=O) groups is 1. The highest BCUT2D eigenvalue weighted by Gasteiger charge is 2.22. The van der Waals surface area contributed by atoms with Crippen LogP contribution in [0.25, 0.3) is 0 Å².